The molecule has 10 heteroatoms. The van der Waals surface area contributed by atoms with E-state index in [0.717, 1.165) is 12.1 Å². The zero-order valence-electron chi connectivity index (χ0n) is 16.6. The van der Waals surface area contributed by atoms with E-state index in [4.69, 9.17) is 0 Å². The number of amides is 2. The summed E-state index contributed by atoms with van der Waals surface area (Å²) in [7, 11) is -3.28. The molecular weight excluding hydrogens is 428 g/mol. The molecule has 0 aromatic heterocycles. The summed E-state index contributed by atoms with van der Waals surface area (Å²) in [6.07, 6.45) is 0.580. The maximum atomic E-state index is 13.4. The molecule has 2 aromatic carbocycles. The number of anilines is 1. The van der Waals surface area contributed by atoms with Crippen LogP contribution in [0.25, 0.3) is 0 Å². The molecule has 4 rings (SSSR count). The highest BCUT2D eigenvalue weighted by Gasteiger charge is 2.29. The maximum absolute atomic E-state index is 13.4. The quantitative estimate of drug-likeness (QED) is 0.719. The van der Waals surface area contributed by atoms with E-state index in [1.165, 1.54) is 15.3 Å². The van der Waals surface area contributed by atoms with E-state index >= 15 is 0 Å². The molecule has 2 aliphatic heterocycles. The third-order valence-electron chi connectivity index (χ3n) is 5.52. The third-order valence-corrected chi connectivity index (χ3v) is 7.39. The van der Waals surface area contributed by atoms with E-state index < -0.39 is 27.6 Å². The predicted octanol–water partition coefficient (Wildman–Crippen LogP) is 2.10. The number of hydrogen-bond acceptors (Lipinski definition) is 4. The fourth-order valence-electron chi connectivity index (χ4n) is 3.81. The minimum absolute atomic E-state index is 0.0612. The molecule has 164 valence electrons. The summed E-state index contributed by atoms with van der Waals surface area (Å²) in [5.74, 6) is -2.59. The lowest BCUT2D eigenvalue weighted by molar-refractivity contribution is 0.0535. The fraction of sp³-hybridized carbons (Fsp3) is 0.333. The summed E-state index contributed by atoms with van der Waals surface area (Å²) < 4.78 is 51.9. The Hall–Kier alpha value is -3.01. The van der Waals surface area contributed by atoms with Crippen molar-refractivity contribution < 1.29 is 26.8 Å². The Kier molecular flexibility index (Phi) is 5.65. The van der Waals surface area contributed by atoms with Gasteiger partial charge in [0.1, 0.15) is 0 Å². The average Bonchev–Trinajstić information content (AvgIpc) is 3.14. The summed E-state index contributed by atoms with van der Waals surface area (Å²) in [6, 6.07) is 9.48. The SMILES string of the molecule is O=C(c1ccc(N2CCCS2(=O)=O)cc1)N1CCN(C(=O)c2ccc(F)c(F)c2)CC1. The molecule has 0 spiro atoms. The van der Waals surface area contributed by atoms with Crippen molar-refractivity contribution in [1.82, 2.24) is 9.80 Å². The Bertz CT molecular complexity index is 1110. The third kappa shape index (κ3) is 4.25. The van der Waals surface area contributed by atoms with Gasteiger partial charge in [0.25, 0.3) is 11.8 Å². The monoisotopic (exact) mass is 449 g/mol. The number of hydrogen-bond donors (Lipinski definition) is 0. The van der Waals surface area contributed by atoms with Gasteiger partial charge in [-0.3, -0.25) is 13.9 Å². The average molecular weight is 449 g/mol. The van der Waals surface area contributed by atoms with Crippen molar-refractivity contribution >= 4 is 27.5 Å². The molecule has 2 saturated heterocycles. The van der Waals surface area contributed by atoms with Crippen LogP contribution >= 0.6 is 0 Å². The number of carbonyl (C=O) groups is 2. The van der Waals surface area contributed by atoms with Crippen molar-refractivity contribution in [2.24, 2.45) is 0 Å². The normalized spacial score (nSPS) is 18.3. The first-order chi connectivity index (χ1) is 14.8. The van der Waals surface area contributed by atoms with Crippen LogP contribution in [0, 0.1) is 11.6 Å². The Morgan fingerprint density at radius 2 is 1.29 bits per heavy atom. The molecule has 2 heterocycles. The molecule has 2 aromatic rings. The van der Waals surface area contributed by atoms with Gasteiger partial charge in [-0.25, -0.2) is 17.2 Å². The molecule has 0 N–H and O–H groups in total. The molecule has 0 radical (unpaired) electrons. The van der Waals surface area contributed by atoms with Crippen molar-refractivity contribution in [2.45, 2.75) is 6.42 Å². The number of sulfonamides is 1. The van der Waals surface area contributed by atoms with E-state index in [0.29, 0.717) is 37.3 Å². The van der Waals surface area contributed by atoms with Gasteiger partial charge in [0.05, 0.1) is 11.4 Å². The van der Waals surface area contributed by atoms with Crippen LogP contribution in [0.3, 0.4) is 0 Å². The number of halogens is 2. The van der Waals surface area contributed by atoms with Crippen LogP contribution in [0.15, 0.2) is 42.5 Å². The number of nitrogens with zero attached hydrogens (tertiary/aromatic N) is 3. The lowest BCUT2D eigenvalue weighted by atomic mass is 10.1. The van der Waals surface area contributed by atoms with Crippen LogP contribution in [-0.2, 0) is 10.0 Å². The highest BCUT2D eigenvalue weighted by molar-refractivity contribution is 7.93. The first kappa shape index (κ1) is 21.2. The van der Waals surface area contributed by atoms with Crippen molar-refractivity contribution in [2.75, 3.05) is 42.8 Å². The van der Waals surface area contributed by atoms with Gasteiger partial charge in [0.2, 0.25) is 10.0 Å². The van der Waals surface area contributed by atoms with Crippen LogP contribution < -0.4 is 4.31 Å². The van der Waals surface area contributed by atoms with Crippen LogP contribution in [0.5, 0.6) is 0 Å². The van der Waals surface area contributed by atoms with E-state index in [1.54, 1.807) is 29.2 Å². The predicted molar refractivity (Wildman–Crippen MR) is 110 cm³/mol. The molecule has 2 fully saturated rings. The maximum Gasteiger partial charge on any atom is 0.254 e. The highest BCUT2D eigenvalue weighted by atomic mass is 32.2. The van der Waals surface area contributed by atoms with Crippen LogP contribution in [0.1, 0.15) is 27.1 Å². The minimum Gasteiger partial charge on any atom is -0.335 e. The van der Waals surface area contributed by atoms with Gasteiger partial charge in [-0.15, -0.1) is 0 Å². The molecule has 7 nitrogen and oxygen atoms in total. The molecule has 0 atom stereocenters. The Labute approximate surface area is 178 Å². The van der Waals surface area contributed by atoms with Gasteiger partial charge < -0.3 is 9.80 Å². The van der Waals surface area contributed by atoms with Gasteiger partial charge in [-0.05, 0) is 48.9 Å². The van der Waals surface area contributed by atoms with E-state index in [-0.39, 0.29) is 30.3 Å². The topological polar surface area (TPSA) is 78.0 Å². The lowest BCUT2D eigenvalue weighted by Gasteiger charge is -2.35. The number of rotatable bonds is 3. The molecule has 31 heavy (non-hydrogen) atoms. The van der Waals surface area contributed by atoms with Crippen molar-refractivity contribution in [3.05, 3.63) is 65.2 Å². The van der Waals surface area contributed by atoms with Crippen LogP contribution in [0.2, 0.25) is 0 Å². The smallest absolute Gasteiger partial charge is 0.254 e. The van der Waals surface area contributed by atoms with Crippen molar-refractivity contribution in [1.29, 1.82) is 0 Å². The molecule has 0 unspecified atom stereocenters. The Balaban J connectivity index is 1.38. The largest absolute Gasteiger partial charge is 0.335 e. The van der Waals surface area contributed by atoms with E-state index in [2.05, 4.69) is 0 Å². The van der Waals surface area contributed by atoms with Crippen molar-refractivity contribution in [3.8, 4) is 0 Å². The zero-order valence-corrected chi connectivity index (χ0v) is 17.4. The van der Waals surface area contributed by atoms with Crippen LogP contribution in [-0.4, -0.2) is 68.5 Å². The first-order valence-corrected chi connectivity index (χ1v) is 11.5. The Morgan fingerprint density at radius 1 is 0.742 bits per heavy atom. The summed E-state index contributed by atoms with van der Waals surface area (Å²) >= 11 is 0. The van der Waals surface area contributed by atoms with Gasteiger partial charge >= 0.3 is 0 Å². The van der Waals surface area contributed by atoms with Crippen LogP contribution in [0.4, 0.5) is 14.5 Å². The number of carbonyl (C=O) groups excluding carboxylic acids is 2. The molecule has 0 saturated carbocycles. The molecular formula is C21H21F2N3O4S. The first-order valence-electron chi connectivity index (χ1n) is 9.90. The molecule has 2 amide bonds. The summed E-state index contributed by atoms with van der Waals surface area (Å²) in [6.45, 7) is 1.58. The number of benzene rings is 2. The second-order valence-electron chi connectivity index (χ2n) is 7.50. The zero-order chi connectivity index (χ0) is 22.2. The van der Waals surface area contributed by atoms with Crippen molar-refractivity contribution in [3.63, 3.8) is 0 Å². The summed E-state index contributed by atoms with van der Waals surface area (Å²) in [4.78, 5) is 28.4. The summed E-state index contributed by atoms with van der Waals surface area (Å²) in [5.41, 5.74) is 1.03. The van der Waals surface area contributed by atoms with Gasteiger partial charge in [0.15, 0.2) is 11.6 Å². The Morgan fingerprint density at radius 3 is 1.81 bits per heavy atom. The standard InChI is InChI=1S/C21H21F2N3O4S/c22-18-7-4-16(14-19(18)23)21(28)25-11-9-24(10-12-25)20(27)15-2-5-17(6-3-15)26-8-1-13-31(26,29)30/h2-7,14H,1,8-13H2. The molecule has 2 aliphatic rings. The van der Waals surface area contributed by atoms with E-state index in [9.17, 15) is 26.8 Å². The summed E-state index contributed by atoms with van der Waals surface area (Å²) in [5, 5.41) is 0. The number of piperazine rings is 1. The van der Waals surface area contributed by atoms with Gasteiger partial charge in [0, 0.05) is 43.9 Å². The van der Waals surface area contributed by atoms with Gasteiger partial charge in [-0.2, -0.15) is 0 Å². The van der Waals surface area contributed by atoms with E-state index in [1.807, 2.05) is 0 Å². The second-order valence-corrected chi connectivity index (χ2v) is 9.51. The fourth-order valence-corrected chi connectivity index (χ4v) is 5.37. The second kappa shape index (κ2) is 8.26. The molecule has 0 bridgehead atoms. The van der Waals surface area contributed by atoms with Gasteiger partial charge in [-0.1, -0.05) is 0 Å². The minimum atomic E-state index is -3.28. The highest BCUT2D eigenvalue weighted by Crippen LogP contribution is 2.24. The lowest BCUT2D eigenvalue weighted by Crippen LogP contribution is -2.50. The molecule has 0 aliphatic carbocycles.